The van der Waals surface area contributed by atoms with Crippen LogP contribution in [-0.2, 0) is 0 Å². The number of hydrogen-bond acceptors (Lipinski definition) is 3. The molecule has 1 heterocycles. The van der Waals surface area contributed by atoms with Gasteiger partial charge in [0, 0.05) is 34.7 Å². The number of nitrogens with two attached hydrogens (primary N) is 2. The molecule has 0 aliphatic rings. The third-order valence-corrected chi connectivity index (χ3v) is 1.97. The normalized spacial score (nSPS) is 14.8. The van der Waals surface area contributed by atoms with E-state index < -0.39 is 0 Å². The van der Waals surface area contributed by atoms with Crippen LogP contribution in [0.15, 0.2) is 18.5 Å². The maximum absolute atomic E-state index is 5.92. The maximum Gasteiger partial charge on any atom is 0.0364 e. The van der Waals surface area contributed by atoms with Crippen molar-refractivity contribution in [3.63, 3.8) is 0 Å². The summed E-state index contributed by atoms with van der Waals surface area (Å²) in [5, 5.41) is 1.86. The van der Waals surface area contributed by atoms with Gasteiger partial charge < -0.3 is 11.5 Å². The Labute approximate surface area is 77.8 Å². The standard InChI is InChI=1S/C10H15N3/c1-7(2)10(12)9-6-13-4-3-8(9)5-11/h3-7H,11-12H2,1-2H3/b8-5-,10-9-. The molecule has 0 aromatic carbocycles. The fraction of sp³-hybridized carbons (Fsp3) is 0.300. The molecule has 0 spiro atoms. The van der Waals surface area contributed by atoms with E-state index in [1.165, 1.54) is 0 Å². The van der Waals surface area contributed by atoms with E-state index in [1.807, 2.05) is 19.9 Å². The first-order valence-electron chi connectivity index (χ1n) is 4.28. The molecule has 1 rings (SSSR count). The number of nitrogens with zero attached hydrogens (tertiary/aromatic N) is 1. The van der Waals surface area contributed by atoms with Gasteiger partial charge in [-0.2, -0.15) is 0 Å². The van der Waals surface area contributed by atoms with Crippen LogP contribution in [0.5, 0.6) is 0 Å². The molecule has 13 heavy (non-hydrogen) atoms. The first-order chi connectivity index (χ1) is 6.16. The molecule has 0 aliphatic carbocycles. The Morgan fingerprint density at radius 1 is 1.54 bits per heavy atom. The zero-order chi connectivity index (χ0) is 9.84. The van der Waals surface area contributed by atoms with Gasteiger partial charge in [-0.25, -0.2) is 0 Å². The maximum atomic E-state index is 5.92. The van der Waals surface area contributed by atoms with E-state index in [1.54, 1.807) is 18.6 Å². The Bertz CT molecular complexity index is 393. The van der Waals surface area contributed by atoms with E-state index >= 15 is 0 Å². The zero-order valence-corrected chi connectivity index (χ0v) is 7.99. The van der Waals surface area contributed by atoms with Crippen LogP contribution in [0.1, 0.15) is 13.8 Å². The van der Waals surface area contributed by atoms with Crippen molar-refractivity contribution in [2.45, 2.75) is 13.8 Å². The number of rotatable bonds is 1. The second kappa shape index (κ2) is 3.94. The van der Waals surface area contributed by atoms with Crippen molar-refractivity contribution >= 4 is 11.9 Å². The minimum Gasteiger partial charge on any atom is -0.404 e. The minimum atomic E-state index is 0.308. The Kier molecular flexibility index (Phi) is 2.90. The predicted molar refractivity (Wildman–Crippen MR) is 54.6 cm³/mol. The molecular formula is C10H15N3. The monoisotopic (exact) mass is 177 g/mol. The molecule has 0 atom stereocenters. The van der Waals surface area contributed by atoms with Crippen LogP contribution in [0.3, 0.4) is 0 Å². The summed E-state index contributed by atoms with van der Waals surface area (Å²) in [7, 11) is 0. The molecule has 0 bridgehead atoms. The summed E-state index contributed by atoms with van der Waals surface area (Å²) >= 11 is 0. The highest BCUT2D eigenvalue weighted by Gasteiger charge is 1.98. The highest BCUT2D eigenvalue weighted by molar-refractivity contribution is 5.43. The molecule has 70 valence electrons. The summed E-state index contributed by atoms with van der Waals surface area (Å²) in [6, 6.07) is 1.85. The summed E-state index contributed by atoms with van der Waals surface area (Å²) in [6.07, 6.45) is 5.00. The van der Waals surface area contributed by atoms with Gasteiger partial charge in [0.05, 0.1) is 0 Å². The van der Waals surface area contributed by atoms with Crippen molar-refractivity contribution in [2.24, 2.45) is 17.4 Å². The summed E-state index contributed by atoms with van der Waals surface area (Å²) in [4.78, 5) is 4.02. The smallest absolute Gasteiger partial charge is 0.0364 e. The van der Waals surface area contributed by atoms with Crippen LogP contribution >= 0.6 is 0 Å². The van der Waals surface area contributed by atoms with E-state index in [-0.39, 0.29) is 0 Å². The number of pyridine rings is 1. The van der Waals surface area contributed by atoms with Gasteiger partial charge in [0.2, 0.25) is 0 Å². The van der Waals surface area contributed by atoms with Crippen LogP contribution in [-0.4, -0.2) is 4.98 Å². The van der Waals surface area contributed by atoms with Gasteiger partial charge in [0.1, 0.15) is 0 Å². The third kappa shape index (κ3) is 1.99. The largest absolute Gasteiger partial charge is 0.404 e. The molecule has 0 amide bonds. The molecule has 4 N–H and O–H groups in total. The van der Waals surface area contributed by atoms with Crippen molar-refractivity contribution < 1.29 is 0 Å². The summed E-state index contributed by atoms with van der Waals surface area (Å²) in [5.74, 6) is 0.308. The number of hydrogen-bond donors (Lipinski definition) is 2. The van der Waals surface area contributed by atoms with Gasteiger partial charge in [-0.05, 0) is 12.0 Å². The van der Waals surface area contributed by atoms with E-state index in [4.69, 9.17) is 11.5 Å². The molecule has 1 aromatic heterocycles. The highest BCUT2D eigenvalue weighted by Crippen LogP contribution is 1.98. The van der Waals surface area contributed by atoms with Crippen LogP contribution in [0.2, 0.25) is 0 Å². The van der Waals surface area contributed by atoms with Gasteiger partial charge in [-0.3, -0.25) is 4.98 Å². The van der Waals surface area contributed by atoms with Crippen LogP contribution in [0.4, 0.5) is 0 Å². The fourth-order valence-electron chi connectivity index (χ4n) is 1.10. The lowest BCUT2D eigenvalue weighted by atomic mass is 10.1. The molecule has 0 saturated heterocycles. The molecule has 1 aromatic rings. The molecule has 0 fully saturated rings. The molecule has 0 radical (unpaired) electrons. The van der Waals surface area contributed by atoms with Crippen molar-refractivity contribution in [1.82, 2.24) is 4.98 Å². The topological polar surface area (TPSA) is 64.9 Å². The summed E-state index contributed by atoms with van der Waals surface area (Å²) in [6.45, 7) is 4.09. The van der Waals surface area contributed by atoms with Crippen molar-refractivity contribution in [3.8, 4) is 0 Å². The molecule has 3 heteroatoms. The Balaban J connectivity index is 3.54. The van der Waals surface area contributed by atoms with Gasteiger partial charge in [0.15, 0.2) is 0 Å². The molecule has 0 unspecified atom stereocenters. The quantitative estimate of drug-likeness (QED) is 0.608. The first-order valence-corrected chi connectivity index (χ1v) is 4.28. The Morgan fingerprint density at radius 2 is 2.23 bits per heavy atom. The first kappa shape index (κ1) is 9.58. The Hall–Kier alpha value is -1.51. The van der Waals surface area contributed by atoms with Crippen molar-refractivity contribution in [1.29, 1.82) is 0 Å². The second-order valence-corrected chi connectivity index (χ2v) is 3.24. The van der Waals surface area contributed by atoms with Crippen LogP contribution < -0.4 is 21.9 Å². The number of aromatic nitrogens is 1. The molecule has 0 aliphatic heterocycles. The van der Waals surface area contributed by atoms with Gasteiger partial charge >= 0.3 is 0 Å². The minimum absolute atomic E-state index is 0.308. The van der Waals surface area contributed by atoms with E-state index in [0.717, 1.165) is 16.1 Å². The SMILES string of the molecule is CC(C)/C(N)=c1\cncc\c1=C\N. The lowest BCUT2D eigenvalue weighted by molar-refractivity contribution is 0.831. The molecule has 0 saturated carbocycles. The van der Waals surface area contributed by atoms with Crippen LogP contribution in [0, 0.1) is 5.92 Å². The van der Waals surface area contributed by atoms with Crippen molar-refractivity contribution in [2.75, 3.05) is 0 Å². The summed E-state index contributed by atoms with van der Waals surface area (Å²) in [5.41, 5.74) is 12.2. The second-order valence-electron chi connectivity index (χ2n) is 3.24. The third-order valence-electron chi connectivity index (χ3n) is 1.97. The van der Waals surface area contributed by atoms with Crippen molar-refractivity contribution in [3.05, 3.63) is 28.9 Å². The van der Waals surface area contributed by atoms with Gasteiger partial charge in [-0.15, -0.1) is 0 Å². The fourth-order valence-corrected chi connectivity index (χ4v) is 1.10. The highest BCUT2D eigenvalue weighted by atomic mass is 14.6. The summed E-state index contributed by atoms with van der Waals surface area (Å²) < 4.78 is 0. The molecule has 3 nitrogen and oxygen atoms in total. The predicted octanol–water partition coefficient (Wildman–Crippen LogP) is -0.499. The van der Waals surface area contributed by atoms with Gasteiger partial charge in [0.25, 0.3) is 0 Å². The lowest BCUT2D eigenvalue weighted by Crippen LogP contribution is -2.32. The van der Waals surface area contributed by atoms with E-state index in [0.29, 0.717) is 5.92 Å². The van der Waals surface area contributed by atoms with E-state index in [9.17, 15) is 0 Å². The Morgan fingerprint density at radius 3 is 2.77 bits per heavy atom. The van der Waals surface area contributed by atoms with Gasteiger partial charge in [-0.1, -0.05) is 13.8 Å². The molecular weight excluding hydrogens is 162 g/mol. The average molecular weight is 177 g/mol. The van der Waals surface area contributed by atoms with E-state index in [2.05, 4.69) is 4.98 Å². The average Bonchev–Trinajstić information content (AvgIpc) is 2.16. The zero-order valence-electron chi connectivity index (χ0n) is 7.99. The lowest BCUT2D eigenvalue weighted by Gasteiger charge is -2.04. The van der Waals surface area contributed by atoms with Crippen LogP contribution in [0.25, 0.3) is 11.9 Å².